The van der Waals surface area contributed by atoms with E-state index in [9.17, 15) is 13.2 Å². The Morgan fingerprint density at radius 3 is 2.33 bits per heavy atom. The van der Waals surface area contributed by atoms with Gasteiger partial charge in [0.1, 0.15) is 6.61 Å². The summed E-state index contributed by atoms with van der Waals surface area (Å²) >= 11 is 5.97. The van der Waals surface area contributed by atoms with Crippen LogP contribution in [0.1, 0.15) is 29.8 Å². The van der Waals surface area contributed by atoms with Gasteiger partial charge in [-0.05, 0) is 17.5 Å². The molecule has 0 radical (unpaired) electrons. The van der Waals surface area contributed by atoms with E-state index >= 15 is 0 Å². The van der Waals surface area contributed by atoms with Crippen LogP contribution in [-0.4, -0.2) is 19.4 Å². The minimum Gasteiger partial charge on any atom is -0.370 e. The molecule has 0 saturated carbocycles. The van der Waals surface area contributed by atoms with E-state index in [4.69, 9.17) is 11.6 Å². The minimum absolute atomic E-state index is 0.145. The summed E-state index contributed by atoms with van der Waals surface area (Å²) in [5, 5.41) is -0.553. The van der Waals surface area contributed by atoms with E-state index in [2.05, 4.69) is 11.7 Å². The molecular weight excluding hydrogens is 265 g/mol. The van der Waals surface area contributed by atoms with Crippen LogP contribution in [0.4, 0.5) is 13.2 Å². The van der Waals surface area contributed by atoms with Crippen molar-refractivity contribution in [3.8, 4) is 0 Å². The number of rotatable bonds is 6. The lowest BCUT2D eigenvalue weighted by molar-refractivity contribution is -0.173. The first-order chi connectivity index (χ1) is 8.42. The third-order valence-corrected chi connectivity index (χ3v) is 2.79. The highest BCUT2D eigenvalue weighted by Crippen LogP contribution is 2.23. The molecule has 0 aliphatic carbocycles. The predicted molar refractivity (Wildman–Crippen MR) is 65.9 cm³/mol. The van der Waals surface area contributed by atoms with Crippen molar-refractivity contribution in [2.75, 3.05) is 13.2 Å². The van der Waals surface area contributed by atoms with E-state index in [1.165, 1.54) is 5.56 Å². The lowest BCUT2D eigenvalue weighted by atomic mass is 10.1. The largest absolute Gasteiger partial charge is 0.411 e. The van der Waals surface area contributed by atoms with Gasteiger partial charge in [0.05, 0.1) is 12.0 Å². The predicted octanol–water partition coefficient (Wildman–Crippen LogP) is 4.50. The molecule has 0 saturated heterocycles. The van der Waals surface area contributed by atoms with Gasteiger partial charge in [-0.3, -0.25) is 0 Å². The van der Waals surface area contributed by atoms with Crippen LogP contribution in [0.25, 0.3) is 0 Å². The van der Waals surface area contributed by atoms with Gasteiger partial charge in [0.15, 0.2) is 0 Å². The van der Waals surface area contributed by atoms with Crippen molar-refractivity contribution in [3.05, 3.63) is 35.4 Å². The van der Waals surface area contributed by atoms with Gasteiger partial charge < -0.3 is 4.74 Å². The van der Waals surface area contributed by atoms with Crippen LogP contribution in [0.3, 0.4) is 0 Å². The second-order valence-electron chi connectivity index (χ2n) is 4.09. The summed E-state index contributed by atoms with van der Waals surface area (Å²) in [5.41, 5.74) is 1.97. The number of aryl methyl sites for hydroxylation is 1. The highest BCUT2D eigenvalue weighted by Gasteiger charge is 2.27. The van der Waals surface area contributed by atoms with Gasteiger partial charge in [0.25, 0.3) is 0 Å². The van der Waals surface area contributed by atoms with E-state index < -0.39 is 18.2 Å². The Hall–Kier alpha value is -0.740. The van der Waals surface area contributed by atoms with Crippen molar-refractivity contribution in [2.45, 2.75) is 31.3 Å². The van der Waals surface area contributed by atoms with Crippen LogP contribution >= 0.6 is 11.6 Å². The fourth-order valence-electron chi connectivity index (χ4n) is 1.56. The van der Waals surface area contributed by atoms with Gasteiger partial charge in [-0.15, -0.1) is 11.6 Å². The number of hydrogen-bond acceptors (Lipinski definition) is 1. The van der Waals surface area contributed by atoms with Crippen molar-refractivity contribution in [1.82, 2.24) is 0 Å². The summed E-state index contributed by atoms with van der Waals surface area (Å²) in [6, 6.07) is 7.55. The summed E-state index contributed by atoms with van der Waals surface area (Å²) in [7, 11) is 0. The number of ether oxygens (including phenoxy) is 1. The first-order valence-electron chi connectivity index (χ1n) is 5.80. The molecule has 102 valence electrons. The van der Waals surface area contributed by atoms with Gasteiger partial charge in [0.2, 0.25) is 0 Å². The molecule has 0 fully saturated rings. The Balaban J connectivity index is 2.43. The van der Waals surface area contributed by atoms with Gasteiger partial charge in [-0.25, -0.2) is 0 Å². The molecule has 0 amide bonds. The average molecular weight is 281 g/mol. The van der Waals surface area contributed by atoms with Crippen molar-refractivity contribution in [3.63, 3.8) is 0 Å². The maximum absolute atomic E-state index is 11.9. The normalized spacial score (nSPS) is 13.6. The topological polar surface area (TPSA) is 9.23 Å². The van der Waals surface area contributed by atoms with Crippen LogP contribution in [0.2, 0.25) is 0 Å². The Kier molecular flexibility index (Phi) is 5.96. The molecule has 0 aromatic heterocycles. The Morgan fingerprint density at radius 1 is 1.22 bits per heavy atom. The second-order valence-corrected chi connectivity index (χ2v) is 4.62. The molecule has 1 unspecified atom stereocenters. The third kappa shape index (κ3) is 5.74. The molecule has 0 heterocycles. The maximum atomic E-state index is 11.9. The van der Waals surface area contributed by atoms with Crippen molar-refractivity contribution in [1.29, 1.82) is 0 Å². The molecule has 0 spiro atoms. The Labute approximate surface area is 110 Å². The van der Waals surface area contributed by atoms with Gasteiger partial charge in [-0.1, -0.05) is 37.6 Å². The van der Waals surface area contributed by atoms with Crippen LogP contribution in [-0.2, 0) is 11.2 Å². The fraction of sp³-hybridized carbons (Fsp3) is 0.538. The summed E-state index contributed by atoms with van der Waals surface area (Å²) < 4.78 is 40.2. The van der Waals surface area contributed by atoms with Crippen molar-refractivity contribution in [2.24, 2.45) is 0 Å². The molecule has 18 heavy (non-hydrogen) atoms. The Bertz CT molecular complexity index is 348. The summed E-state index contributed by atoms with van der Waals surface area (Å²) in [6.45, 7) is 0.682. The number of halogens is 4. The molecule has 0 aliphatic heterocycles. The zero-order valence-corrected chi connectivity index (χ0v) is 10.9. The summed E-state index contributed by atoms with van der Waals surface area (Å²) in [5.74, 6) is 0. The van der Waals surface area contributed by atoms with E-state index in [0.717, 1.165) is 18.4 Å². The van der Waals surface area contributed by atoms with Crippen molar-refractivity contribution >= 4 is 11.6 Å². The number of benzene rings is 1. The minimum atomic E-state index is -4.30. The maximum Gasteiger partial charge on any atom is 0.411 e. The summed E-state index contributed by atoms with van der Waals surface area (Å²) in [6.07, 6.45) is -2.27. The van der Waals surface area contributed by atoms with Crippen LogP contribution < -0.4 is 0 Å². The third-order valence-electron chi connectivity index (χ3n) is 2.41. The van der Waals surface area contributed by atoms with Gasteiger partial charge in [0, 0.05) is 0 Å². The zero-order chi connectivity index (χ0) is 13.6. The number of alkyl halides is 4. The molecule has 0 aliphatic rings. The molecule has 1 rings (SSSR count). The molecule has 1 aromatic rings. The molecule has 0 bridgehead atoms. The first kappa shape index (κ1) is 15.3. The lowest BCUT2D eigenvalue weighted by Crippen LogP contribution is -2.18. The molecule has 1 atom stereocenters. The molecule has 1 nitrogen and oxygen atoms in total. The number of hydrogen-bond donors (Lipinski definition) is 0. The average Bonchev–Trinajstić information content (AvgIpc) is 2.28. The molecule has 1 aromatic carbocycles. The lowest BCUT2D eigenvalue weighted by Gasteiger charge is -2.12. The van der Waals surface area contributed by atoms with Gasteiger partial charge >= 0.3 is 6.18 Å². The van der Waals surface area contributed by atoms with E-state index in [0.29, 0.717) is 0 Å². The van der Waals surface area contributed by atoms with Crippen LogP contribution in [0.15, 0.2) is 24.3 Å². The zero-order valence-electron chi connectivity index (χ0n) is 10.1. The van der Waals surface area contributed by atoms with Crippen LogP contribution in [0.5, 0.6) is 0 Å². The molecular formula is C13H16ClF3O. The SMILES string of the molecule is CCCc1ccc(C(Cl)COCC(F)(F)F)cc1. The van der Waals surface area contributed by atoms with E-state index in [-0.39, 0.29) is 6.61 Å². The van der Waals surface area contributed by atoms with E-state index in [1.54, 1.807) is 0 Å². The monoisotopic (exact) mass is 280 g/mol. The smallest absolute Gasteiger partial charge is 0.370 e. The molecule has 0 N–H and O–H groups in total. The first-order valence-corrected chi connectivity index (χ1v) is 6.23. The quantitative estimate of drug-likeness (QED) is 0.697. The van der Waals surface area contributed by atoms with Crippen molar-refractivity contribution < 1.29 is 17.9 Å². The Morgan fingerprint density at radius 2 is 1.83 bits per heavy atom. The fourth-order valence-corrected chi connectivity index (χ4v) is 1.79. The standard InChI is InChI=1S/C13H16ClF3O/c1-2-3-10-4-6-11(7-5-10)12(14)8-18-9-13(15,16)17/h4-7,12H,2-3,8-9H2,1H3. The highest BCUT2D eigenvalue weighted by molar-refractivity contribution is 6.20. The highest BCUT2D eigenvalue weighted by atomic mass is 35.5. The van der Waals surface area contributed by atoms with E-state index in [1.807, 2.05) is 24.3 Å². The summed E-state index contributed by atoms with van der Waals surface area (Å²) in [4.78, 5) is 0. The second kappa shape index (κ2) is 7.00. The van der Waals surface area contributed by atoms with Crippen LogP contribution in [0, 0.1) is 0 Å². The van der Waals surface area contributed by atoms with Gasteiger partial charge in [-0.2, -0.15) is 13.2 Å². The molecule has 5 heteroatoms.